The minimum atomic E-state index is -2.92. The van der Waals surface area contributed by atoms with Crippen molar-refractivity contribution in [3.63, 3.8) is 0 Å². The normalized spacial score (nSPS) is 29.7. The Labute approximate surface area is 84.2 Å². The highest BCUT2D eigenvalue weighted by Gasteiger charge is 2.32. The Hall–Kier alpha value is -0.620. The van der Waals surface area contributed by atoms with Crippen LogP contribution in [-0.2, 0) is 14.6 Å². The van der Waals surface area contributed by atoms with Gasteiger partial charge in [-0.3, -0.25) is 9.69 Å². The maximum absolute atomic E-state index is 11.3. The van der Waals surface area contributed by atoms with Crippen LogP contribution in [-0.4, -0.2) is 49.4 Å². The van der Waals surface area contributed by atoms with Gasteiger partial charge in [-0.1, -0.05) is 0 Å². The third-order valence-electron chi connectivity index (χ3n) is 2.63. The number of sulfone groups is 1. The molecule has 1 aliphatic rings. The van der Waals surface area contributed by atoms with Crippen molar-refractivity contribution in [1.29, 1.82) is 0 Å². The molecule has 2 N–H and O–H groups in total. The first-order valence-electron chi connectivity index (χ1n) is 4.59. The van der Waals surface area contributed by atoms with Crippen molar-refractivity contribution in [2.75, 3.05) is 18.1 Å². The molecule has 1 amide bonds. The summed E-state index contributed by atoms with van der Waals surface area (Å²) in [6.07, 6.45) is 0. The van der Waals surface area contributed by atoms with Crippen LogP contribution >= 0.6 is 0 Å². The lowest BCUT2D eigenvalue weighted by Gasteiger charge is -2.36. The maximum atomic E-state index is 11.3. The van der Waals surface area contributed by atoms with Gasteiger partial charge in [-0.25, -0.2) is 8.42 Å². The summed E-state index contributed by atoms with van der Waals surface area (Å²) in [5.41, 5.74) is 5.17. The zero-order chi connectivity index (χ0) is 10.9. The minimum Gasteiger partial charge on any atom is -0.368 e. The van der Waals surface area contributed by atoms with Crippen molar-refractivity contribution in [3.8, 4) is 0 Å². The summed E-state index contributed by atoms with van der Waals surface area (Å²) in [5.74, 6) is -0.171. The number of nitrogens with zero attached hydrogens (tertiary/aromatic N) is 1. The van der Waals surface area contributed by atoms with Crippen LogP contribution in [0.5, 0.6) is 0 Å². The van der Waals surface area contributed by atoms with E-state index in [9.17, 15) is 13.2 Å². The topological polar surface area (TPSA) is 80.5 Å². The molecule has 5 nitrogen and oxygen atoms in total. The molecule has 2 atom stereocenters. The van der Waals surface area contributed by atoms with Crippen LogP contribution < -0.4 is 5.73 Å². The fraction of sp³-hybridized carbons (Fsp3) is 0.875. The largest absolute Gasteiger partial charge is 0.368 e. The summed E-state index contributed by atoms with van der Waals surface area (Å²) in [7, 11) is -2.92. The van der Waals surface area contributed by atoms with Gasteiger partial charge in [-0.15, -0.1) is 0 Å². The van der Waals surface area contributed by atoms with Gasteiger partial charge in [0, 0.05) is 12.6 Å². The highest BCUT2D eigenvalue weighted by molar-refractivity contribution is 7.91. The lowest BCUT2D eigenvalue weighted by molar-refractivity contribution is -0.123. The van der Waals surface area contributed by atoms with Gasteiger partial charge < -0.3 is 5.73 Å². The van der Waals surface area contributed by atoms with E-state index in [0.29, 0.717) is 6.54 Å². The molecular formula is C8H16N2O3S. The SMILES string of the molecule is CC1CS(=O)(=O)CCN1C(C)C(N)=O. The quantitative estimate of drug-likeness (QED) is 0.646. The number of hydrogen-bond donors (Lipinski definition) is 1. The fourth-order valence-electron chi connectivity index (χ4n) is 1.75. The molecule has 82 valence electrons. The molecule has 1 heterocycles. The first-order valence-corrected chi connectivity index (χ1v) is 6.41. The smallest absolute Gasteiger partial charge is 0.234 e. The van der Waals surface area contributed by atoms with Gasteiger partial charge in [0.05, 0.1) is 17.5 Å². The Morgan fingerprint density at radius 1 is 1.57 bits per heavy atom. The van der Waals surface area contributed by atoms with E-state index in [0.717, 1.165) is 0 Å². The van der Waals surface area contributed by atoms with E-state index >= 15 is 0 Å². The molecule has 1 aliphatic heterocycles. The van der Waals surface area contributed by atoms with E-state index in [4.69, 9.17) is 5.73 Å². The van der Waals surface area contributed by atoms with E-state index in [-0.39, 0.29) is 23.6 Å². The molecule has 6 heteroatoms. The molecule has 0 aromatic rings. The van der Waals surface area contributed by atoms with Crippen LogP contribution in [0.25, 0.3) is 0 Å². The Balaban J connectivity index is 2.72. The van der Waals surface area contributed by atoms with E-state index in [2.05, 4.69) is 0 Å². The average molecular weight is 220 g/mol. The van der Waals surface area contributed by atoms with Crippen molar-refractivity contribution >= 4 is 15.7 Å². The van der Waals surface area contributed by atoms with Gasteiger partial charge in [0.1, 0.15) is 0 Å². The van der Waals surface area contributed by atoms with E-state index in [1.165, 1.54) is 0 Å². The maximum Gasteiger partial charge on any atom is 0.234 e. The van der Waals surface area contributed by atoms with Gasteiger partial charge in [0.25, 0.3) is 0 Å². The Kier molecular flexibility index (Phi) is 3.16. The van der Waals surface area contributed by atoms with Crippen molar-refractivity contribution in [2.45, 2.75) is 25.9 Å². The van der Waals surface area contributed by atoms with Gasteiger partial charge in [-0.05, 0) is 13.8 Å². The zero-order valence-electron chi connectivity index (χ0n) is 8.43. The molecule has 0 aromatic carbocycles. The number of carbonyl (C=O) groups excluding carboxylic acids is 1. The lowest BCUT2D eigenvalue weighted by Crippen LogP contribution is -2.54. The number of amides is 1. The summed E-state index contributed by atoms with van der Waals surface area (Å²) in [5, 5.41) is 0. The van der Waals surface area contributed by atoms with Gasteiger partial charge in [0.2, 0.25) is 5.91 Å². The van der Waals surface area contributed by atoms with Crippen molar-refractivity contribution in [3.05, 3.63) is 0 Å². The van der Waals surface area contributed by atoms with E-state index in [1.807, 2.05) is 4.90 Å². The third kappa shape index (κ3) is 2.45. The molecule has 14 heavy (non-hydrogen) atoms. The second-order valence-corrected chi connectivity index (χ2v) is 6.01. The van der Waals surface area contributed by atoms with Gasteiger partial charge in [0.15, 0.2) is 9.84 Å². The predicted octanol–water partition coefficient (Wildman–Crippen LogP) is -1.02. The number of primary amides is 1. The highest BCUT2D eigenvalue weighted by atomic mass is 32.2. The zero-order valence-corrected chi connectivity index (χ0v) is 9.25. The fourth-order valence-corrected chi connectivity index (χ4v) is 3.33. The second-order valence-electron chi connectivity index (χ2n) is 3.78. The standard InChI is InChI=1S/C8H16N2O3S/c1-6-5-14(12,13)4-3-10(6)7(2)8(9)11/h6-7H,3-5H2,1-2H3,(H2,9,11). The summed E-state index contributed by atoms with van der Waals surface area (Å²) in [6.45, 7) is 3.90. The number of carbonyl (C=O) groups is 1. The first kappa shape index (κ1) is 11.5. The van der Waals surface area contributed by atoms with Crippen molar-refractivity contribution < 1.29 is 13.2 Å². The molecule has 0 saturated carbocycles. The Morgan fingerprint density at radius 2 is 2.14 bits per heavy atom. The number of hydrogen-bond acceptors (Lipinski definition) is 4. The van der Waals surface area contributed by atoms with Gasteiger partial charge >= 0.3 is 0 Å². The molecule has 1 fully saturated rings. The van der Waals surface area contributed by atoms with Crippen LogP contribution in [0.2, 0.25) is 0 Å². The van der Waals surface area contributed by atoms with E-state index < -0.39 is 15.7 Å². The summed E-state index contributed by atoms with van der Waals surface area (Å²) in [6, 6.07) is -0.517. The molecule has 1 rings (SSSR count). The highest BCUT2D eigenvalue weighted by Crippen LogP contribution is 2.14. The first-order chi connectivity index (χ1) is 6.33. The summed E-state index contributed by atoms with van der Waals surface area (Å²) < 4.78 is 22.5. The van der Waals surface area contributed by atoms with Crippen LogP contribution in [0.3, 0.4) is 0 Å². The Bertz CT molecular complexity index is 325. The third-order valence-corrected chi connectivity index (χ3v) is 4.43. The average Bonchev–Trinajstić information content (AvgIpc) is 2.01. The predicted molar refractivity (Wildman–Crippen MR) is 53.5 cm³/mol. The number of rotatable bonds is 2. The van der Waals surface area contributed by atoms with Crippen LogP contribution in [0.1, 0.15) is 13.8 Å². The van der Waals surface area contributed by atoms with Crippen molar-refractivity contribution in [1.82, 2.24) is 4.90 Å². The minimum absolute atomic E-state index is 0.116. The Morgan fingerprint density at radius 3 is 2.57 bits per heavy atom. The molecule has 2 unspecified atom stereocenters. The van der Waals surface area contributed by atoms with Crippen LogP contribution in [0, 0.1) is 0 Å². The lowest BCUT2D eigenvalue weighted by atomic mass is 10.2. The van der Waals surface area contributed by atoms with Crippen LogP contribution in [0.4, 0.5) is 0 Å². The molecule has 0 aromatic heterocycles. The van der Waals surface area contributed by atoms with Crippen LogP contribution in [0.15, 0.2) is 0 Å². The molecule has 0 spiro atoms. The number of nitrogens with two attached hydrogens (primary N) is 1. The molecule has 0 aliphatic carbocycles. The summed E-state index contributed by atoms with van der Waals surface area (Å²) in [4.78, 5) is 12.8. The van der Waals surface area contributed by atoms with Gasteiger partial charge in [-0.2, -0.15) is 0 Å². The molecule has 0 bridgehead atoms. The second kappa shape index (κ2) is 3.86. The monoisotopic (exact) mass is 220 g/mol. The molecule has 0 radical (unpaired) electrons. The summed E-state index contributed by atoms with van der Waals surface area (Å²) >= 11 is 0. The van der Waals surface area contributed by atoms with E-state index in [1.54, 1.807) is 13.8 Å². The molecular weight excluding hydrogens is 204 g/mol. The van der Waals surface area contributed by atoms with Crippen molar-refractivity contribution in [2.24, 2.45) is 5.73 Å². The molecule has 1 saturated heterocycles.